The fraction of sp³-hybridized carbons (Fsp3) is 0.364. The number of unbranched alkanes of at least 4 members (excludes halogenated alkanes) is 2. The molecule has 0 aliphatic rings. The van der Waals surface area contributed by atoms with Crippen LogP contribution in [0.3, 0.4) is 0 Å². The molecule has 0 unspecified atom stereocenters. The lowest BCUT2D eigenvalue weighted by atomic mass is 9.98. The van der Waals surface area contributed by atoms with Gasteiger partial charge < -0.3 is 9.47 Å². The van der Waals surface area contributed by atoms with Crippen LogP contribution >= 0.6 is 0 Å². The van der Waals surface area contributed by atoms with Crippen LogP contribution in [-0.4, -0.2) is 29.8 Å². The van der Waals surface area contributed by atoms with Gasteiger partial charge in [0.15, 0.2) is 11.5 Å². The summed E-state index contributed by atoms with van der Waals surface area (Å²) in [6.07, 6.45) is 2.64. The van der Waals surface area contributed by atoms with Crippen molar-refractivity contribution in [3.8, 4) is 11.5 Å². The number of hydroxylamine groups is 1. The Labute approximate surface area is 166 Å². The molecule has 0 atom stereocenters. The molecule has 6 nitrogen and oxygen atoms in total. The van der Waals surface area contributed by atoms with E-state index in [0.29, 0.717) is 30.9 Å². The van der Waals surface area contributed by atoms with E-state index in [2.05, 4.69) is 11.6 Å². The first-order chi connectivity index (χ1) is 13.4. The van der Waals surface area contributed by atoms with E-state index in [4.69, 9.17) is 14.7 Å². The van der Waals surface area contributed by atoms with Crippen LogP contribution in [0.1, 0.15) is 48.2 Å². The third kappa shape index (κ3) is 6.09. The van der Waals surface area contributed by atoms with Crippen molar-refractivity contribution < 1.29 is 19.5 Å². The van der Waals surface area contributed by atoms with Crippen molar-refractivity contribution in [2.24, 2.45) is 0 Å². The zero-order valence-electron chi connectivity index (χ0n) is 16.7. The van der Waals surface area contributed by atoms with E-state index in [1.807, 2.05) is 44.2 Å². The van der Waals surface area contributed by atoms with Gasteiger partial charge in [-0.15, -0.1) is 0 Å². The molecule has 0 saturated carbocycles. The monoisotopic (exact) mass is 384 g/mol. The average molecular weight is 384 g/mol. The van der Waals surface area contributed by atoms with Gasteiger partial charge in [-0.1, -0.05) is 12.6 Å². The van der Waals surface area contributed by atoms with E-state index >= 15 is 0 Å². The Hall–Kier alpha value is -2.86. The first-order valence-electron chi connectivity index (χ1n) is 9.33. The molecule has 2 rings (SSSR count). The summed E-state index contributed by atoms with van der Waals surface area (Å²) in [5.74, 6) is 0.963. The van der Waals surface area contributed by atoms with Gasteiger partial charge in [-0.25, -0.2) is 5.48 Å². The molecule has 150 valence electrons. The fourth-order valence-electron chi connectivity index (χ4n) is 2.96. The Morgan fingerprint density at radius 1 is 1.07 bits per heavy atom. The molecule has 0 fully saturated rings. The van der Waals surface area contributed by atoms with E-state index in [-0.39, 0.29) is 5.91 Å². The molecular formula is C22H28N2O4. The highest BCUT2D eigenvalue weighted by molar-refractivity contribution is 5.79. The number of carbonyl (C=O) groups excluding carboxylic acids is 1. The molecule has 0 aliphatic heterocycles. The molecule has 0 saturated heterocycles. The second-order valence-corrected chi connectivity index (χ2v) is 6.68. The van der Waals surface area contributed by atoms with Gasteiger partial charge in [0, 0.05) is 17.8 Å². The van der Waals surface area contributed by atoms with Crippen LogP contribution in [0, 0.1) is 13.8 Å². The van der Waals surface area contributed by atoms with E-state index in [1.54, 1.807) is 12.6 Å². The largest absolute Gasteiger partial charge is 0.493 e. The van der Waals surface area contributed by atoms with Crippen molar-refractivity contribution in [2.45, 2.75) is 39.5 Å². The number of aromatic nitrogens is 1. The highest BCUT2D eigenvalue weighted by Crippen LogP contribution is 2.32. The van der Waals surface area contributed by atoms with Gasteiger partial charge in [-0.05, 0) is 74.1 Å². The minimum Gasteiger partial charge on any atom is -0.493 e. The van der Waals surface area contributed by atoms with Gasteiger partial charge in [0.1, 0.15) is 0 Å². The Kier molecular flexibility index (Phi) is 8.02. The van der Waals surface area contributed by atoms with Crippen LogP contribution in [0.5, 0.6) is 11.5 Å². The predicted octanol–water partition coefficient (Wildman–Crippen LogP) is 4.21. The molecule has 2 N–H and O–H groups in total. The summed E-state index contributed by atoms with van der Waals surface area (Å²) < 4.78 is 11.3. The minimum atomic E-state index is -0.365. The maximum absolute atomic E-state index is 11.0. The summed E-state index contributed by atoms with van der Waals surface area (Å²) in [6, 6.07) is 9.81. The first-order valence-corrected chi connectivity index (χ1v) is 9.33. The second-order valence-electron chi connectivity index (χ2n) is 6.68. The number of rotatable bonds is 10. The number of carbonyl (C=O) groups is 1. The van der Waals surface area contributed by atoms with Crippen molar-refractivity contribution in [1.29, 1.82) is 0 Å². The number of ether oxygens (including phenoxy) is 2. The standard InChI is InChI=1S/C22H28N2O4/c1-15-12-19(13-16(2)23-15)17(3)18-9-10-20(27-4)21(14-18)28-11-7-5-6-8-22(25)24-26/h9-10,12-14,26H,3,5-8,11H2,1-2,4H3,(H,24,25). The van der Waals surface area contributed by atoms with Crippen LogP contribution in [0.4, 0.5) is 0 Å². The topological polar surface area (TPSA) is 80.7 Å². The number of amides is 1. The third-order valence-electron chi connectivity index (χ3n) is 4.37. The summed E-state index contributed by atoms with van der Waals surface area (Å²) in [6.45, 7) is 8.69. The number of nitrogens with zero attached hydrogens (tertiary/aromatic N) is 1. The summed E-state index contributed by atoms with van der Waals surface area (Å²) in [5.41, 5.74) is 6.43. The number of aryl methyl sites for hydroxylation is 2. The number of nitrogens with one attached hydrogen (secondary N) is 1. The molecule has 28 heavy (non-hydrogen) atoms. The fourth-order valence-corrected chi connectivity index (χ4v) is 2.96. The SMILES string of the molecule is C=C(c1cc(C)nc(C)c1)c1ccc(OC)c(OCCCCCC(=O)NO)c1. The van der Waals surface area contributed by atoms with E-state index in [9.17, 15) is 4.79 Å². The summed E-state index contributed by atoms with van der Waals surface area (Å²) in [5, 5.41) is 8.48. The zero-order valence-corrected chi connectivity index (χ0v) is 16.7. The quantitative estimate of drug-likeness (QED) is 0.364. The second kappa shape index (κ2) is 10.5. The van der Waals surface area contributed by atoms with Crippen LogP contribution in [0.25, 0.3) is 5.57 Å². The Morgan fingerprint density at radius 2 is 1.79 bits per heavy atom. The van der Waals surface area contributed by atoms with Gasteiger partial charge in [0.05, 0.1) is 13.7 Å². The van der Waals surface area contributed by atoms with Gasteiger partial charge in [0.25, 0.3) is 0 Å². The smallest absolute Gasteiger partial charge is 0.243 e. The molecular weight excluding hydrogens is 356 g/mol. The van der Waals surface area contributed by atoms with Crippen molar-refractivity contribution in [1.82, 2.24) is 10.5 Å². The molecule has 0 radical (unpaired) electrons. The molecule has 0 spiro atoms. The summed E-state index contributed by atoms with van der Waals surface area (Å²) in [7, 11) is 1.61. The van der Waals surface area contributed by atoms with E-state index in [1.165, 1.54) is 0 Å². The molecule has 0 aliphatic carbocycles. The number of hydrogen-bond acceptors (Lipinski definition) is 5. The lowest BCUT2D eigenvalue weighted by Gasteiger charge is -2.14. The first kappa shape index (κ1) is 21.4. The highest BCUT2D eigenvalue weighted by Gasteiger charge is 2.10. The van der Waals surface area contributed by atoms with E-state index < -0.39 is 0 Å². The normalized spacial score (nSPS) is 10.4. The van der Waals surface area contributed by atoms with Crippen LogP contribution in [-0.2, 0) is 4.79 Å². The summed E-state index contributed by atoms with van der Waals surface area (Å²) >= 11 is 0. The number of hydrogen-bond donors (Lipinski definition) is 2. The molecule has 1 aromatic heterocycles. The van der Waals surface area contributed by atoms with Crippen LogP contribution in [0.15, 0.2) is 36.9 Å². The average Bonchev–Trinajstić information content (AvgIpc) is 2.68. The van der Waals surface area contributed by atoms with Gasteiger partial charge in [0.2, 0.25) is 5.91 Å². The van der Waals surface area contributed by atoms with Gasteiger partial charge >= 0.3 is 0 Å². The number of pyridine rings is 1. The number of methoxy groups -OCH3 is 1. The molecule has 0 bridgehead atoms. The van der Waals surface area contributed by atoms with Gasteiger partial charge in [-0.2, -0.15) is 0 Å². The van der Waals surface area contributed by atoms with Crippen molar-refractivity contribution >= 4 is 11.5 Å². The molecule has 1 heterocycles. The van der Waals surface area contributed by atoms with Crippen molar-refractivity contribution in [3.63, 3.8) is 0 Å². The molecule has 6 heteroatoms. The zero-order chi connectivity index (χ0) is 20.5. The van der Waals surface area contributed by atoms with Crippen molar-refractivity contribution in [3.05, 3.63) is 59.4 Å². The predicted molar refractivity (Wildman–Crippen MR) is 109 cm³/mol. The van der Waals surface area contributed by atoms with Gasteiger partial charge in [-0.3, -0.25) is 15.0 Å². The highest BCUT2D eigenvalue weighted by atomic mass is 16.5. The van der Waals surface area contributed by atoms with Crippen LogP contribution < -0.4 is 15.0 Å². The minimum absolute atomic E-state index is 0.305. The maximum Gasteiger partial charge on any atom is 0.243 e. The Balaban J connectivity index is 2.02. The Morgan fingerprint density at radius 3 is 2.43 bits per heavy atom. The van der Waals surface area contributed by atoms with Crippen LogP contribution in [0.2, 0.25) is 0 Å². The van der Waals surface area contributed by atoms with E-state index in [0.717, 1.165) is 40.9 Å². The third-order valence-corrected chi connectivity index (χ3v) is 4.37. The Bertz CT molecular complexity index is 813. The van der Waals surface area contributed by atoms with Crippen molar-refractivity contribution in [2.75, 3.05) is 13.7 Å². The lowest BCUT2D eigenvalue weighted by molar-refractivity contribution is -0.129. The lowest BCUT2D eigenvalue weighted by Crippen LogP contribution is -2.17. The summed E-state index contributed by atoms with van der Waals surface area (Å²) in [4.78, 5) is 15.4. The maximum atomic E-state index is 11.0. The molecule has 1 amide bonds. The molecule has 2 aromatic rings. The molecule has 1 aromatic carbocycles. The number of benzene rings is 1.